The molecule has 0 bridgehead atoms. The van der Waals surface area contributed by atoms with E-state index >= 15 is 0 Å². The first-order valence-electron chi connectivity index (χ1n) is 10.5. The van der Waals surface area contributed by atoms with Crippen LogP contribution in [0.25, 0.3) is 0 Å². The average Bonchev–Trinajstić information content (AvgIpc) is 3.43. The Labute approximate surface area is 186 Å². The zero-order valence-electron chi connectivity index (χ0n) is 17.7. The Hall–Kier alpha value is -2.99. The SMILES string of the molecule is CC[C@@H](NC(=O)c1ccc([C@@H]2SCC(=O)N2Cc2ccco2)cc1)c1ccc(C)cc1. The molecule has 1 N–H and O–H groups in total. The van der Waals surface area contributed by atoms with Gasteiger partial charge in [-0.2, -0.15) is 0 Å². The molecule has 3 aromatic rings. The van der Waals surface area contributed by atoms with Gasteiger partial charge in [0, 0.05) is 5.56 Å². The average molecular weight is 435 g/mol. The molecule has 4 rings (SSSR count). The molecule has 2 aromatic carbocycles. The predicted octanol–water partition coefficient (Wildman–Crippen LogP) is 5.24. The molecule has 0 spiro atoms. The van der Waals surface area contributed by atoms with Crippen LogP contribution in [0.2, 0.25) is 0 Å². The summed E-state index contributed by atoms with van der Waals surface area (Å²) in [4.78, 5) is 27.0. The minimum atomic E-state index is -0.0958. The first-order chi connectivity index (χ1) is 15.0. The lowest BCUT2D eigenvalue weighted by molar-refractivity contribution is -0.128. The summed E-state index contributed by atoms with van der Waals surface area (Å²) in [5.74, 6) is 1.21. The molecule has 0 saturated carbocycles. The maximum atomic E-state index is 12.8. The topological polar surface area (TPSA) is 62.6 Å². The minimum absolute atomic E-state index is 0.0282. The van der Waals surface area contributed by atoms with Crippen LogP contribution >= 0.6 is 11.8 Å². The largest absolute Gasteiger partial charge is 0.467 e. The van der Waals surface area contributed by atoms with Gasteiger partial charge in [0.15, 0.2) is 0 Å². The van der Waals surface area contributed by atoms with Gasteiger partial charge in [-0.3, -0.25) is 9.59 Å². The van der Waals surface area contributed by atoms with Crippen molar-refractivity contribution in [1.29, 1.82) is 0 Å². The smallest absolute Gasteiger partial charge is 0.251 e. The second-order valence-corrected chi connectivity index (χ2v) is 8.80. The molecule has 160 valence electrons. The Balaban J connectivity index is 1.45. The molecule has 2 heterocycles. The quantitative estimate of drug-likeness (QED) is 0.552. The fraction of sp³-hybridized carbons (Fsp3) is 0.280. The molecule has 1 fully saturated rings. The fourth-order valence-electron chi connectivity index (χ4n) is 3.73. The van der Waals surface area contributed by atoms with E-state index in [2.05, 4.69) is 43.4 Å². The van der Waals surface area contributed by atoms with Gasteiger partial charge in [-0.25, -0.2) is 0 Å². The molecule has 1 saturated heterocycles. The van der Waals surface area contributed by atoms with Crippen molar-refractivity contribution in [3.8, 4) is 0 Å². The highest BCUT2D eigenvalue weighted by Gasteiger charge is 2.33. The molecule has 0 radical (unpaired) electrons. The maximum Gasteiger partial charge on any atom is 0.251 e. The summed E-state index contributed by atoms with van der Waals surface area (Å²) in [5, 5.41) is 3.05. The van der Waals surface area contributed by atoms with Gasteiger partial charge in [-0.1, -0.05) is 48.9 Å². The standard InChI is InChI=1S/C25H26N2O3S/c1-3-22(18-8-6-17(2)7-9-18)26-24(29)19-10-12-20(13-11-19)25-27(23(28)16-31-25)15-21-5-4-14-30-21/h4-14,22,25H,3,15-16H2,1-2H3,(H,26,29)/t22-,25+/m1/s1. The Kier molecular flexibility index (Phi) is 6.47. The lowest BCUT2D eigenvalue weighted by Gasteiger charge is -2.23. The molecule has 0 unspecified atom stereocenters. The number of furan rings is 1. The van der Waals surface area contributed by atoms with Crippen LogP contribution in [-0.2, 0) is 11.3 Å². The first-order valence-corrected chi connectivity index (χ1v) is 11.5. The van der Waals surface area contributed by atoms with Gasteiger partial charge < -0.3 is 14.6 Å². The lowest BCUT2D eigenvalue weighted by atomic mass is 10.0. The number of thioether (sulfide) groups is 1. The van der Waals surface area contributed by atoms with E-state index < -0.39 is 0 Å². The molecule has 1 aromatic heterocycles. The van der Waals surface area contributed by atoms with Crippen LogP contribution in [0.1, 0.15) is 57.6 Å². The maximum absolute atomic E-state index is 12.8. The van der Waals surface area contributed by atoms with Crippen molar-refractivity contribution in [3.63, 3.8) is 0 Å². The van der Waals surface area contributed by atoms with Crippen molar-refractivity contribution >= 4 is 23.6 Å². The minimum Gasteiger partial charge on any atom is -0.467 e. The molecule has 1 aliphatic rings. The van der Waals surface area contributed by atoms with Gasteiger partial charge in [0.2, 0.25) is 5.91 Å². The summed E-state index contributed by atoms with van der Waals surface area (Å²) in [6.07, 6.45) is 2.43. The number of carbonyl (C=O) groups excluding carboxylic acids is 2. The highest BCUT2D eigenvalue weighted by atomic mass is 32.2. The third-order valence-electron chi connectivity index (χ3n) is 5.53. The molecule has 2 amide bonds. The number of benzene rings is 2. The first kappa shape index (κ1) is 21.2. The van der Waals surface area contributed by atoms with E-state index in [9.17, 15) is 9.59 Å². The highest BCUT2D eigenvalue weighted by Crippen LogP contribution is 2.39. The van der Waals surface area contributed by atoms with E-state index in [0.717, 1.165) is 23.3 Å². The van der Waals surface area contributed by atoms with Crippen LogP contribution in [0.3, 0.4) is 0 Å². The highest BCUT2D eigenvalue weighted by molar-refractivity contribution is 8.00. The summed E-state index contributed by atoms with van der Waals surface area (Å²) in [6, 6.07) is 19.5. The van der Waals surface area contributed by atoms with Crippen molar-refractivity contribution in [2.24, 2.45) is 0 Å². The zero-order chi connectivity index (χ0) is 21.8. The van der Waals surface area contributed by atoms with Crippen molar-refractivity contribution in [2.75, 3.05) is 5.75 Å². The van der Waals surface area contributed by atoms with E-state index in [0.29, 0.717) is 17.9 Å². The lowest BCUT2D eigenvalue weighted by Crippen LogP contribution is -2.28. The van der Waals surface area contributed by atoms with E-state index in [1.807, 2.05) is 41.3 Å². The second-order valence-electron chi connectivity index (χ2n) is 7.73. The Morgan fingerprint density at radius 3 is 2.55 bits per heavy atom. The zero-order valence-corrected chi connectivity index (χ0v) is 18.5. The number of rotatable bonds is 7. The van der Waals surface area contributed by atoms with E-state index in [1.54, 1.807) is 18.0 Å². The molecule has 2 atom stereocenters. The predicted molar refractivity (Wildman–Crippen MR) is 123 cm³/mol. The van der Waals surface area contributed by atoms with Crippen molar-refractivity contribution in [1.82, 2.24) is 10.2 Å². The van der Waals surface area contributed by atoms with Gasteiger partial charge in [0.1, 0.15) is 11.1 Å². The van der Waals surface area contributed by atoms with Crippen LogP contribution < -0.4 is 5.32 Å². The molecular weight excluding hydrogens is 408 g/mol. The molecule has 1 aliphatic heterocycles. The van der Waals surface area contributed by atoms with Crippen LogP contribution in [0.4, 0.5) is 0 Å². The van der Waals surface area contributed by atoms with E-state index in [-0.39, 0.29) is 23.2 Å². The number of amides is 2. The number of nitrogens with one attached hydrogen (secondary N) is 1. The fourth-order valence-corrected chi connectivity index (χ4v) is 4.92. The van der Waals surface area contributed by atoms with Crippen LogP contribution in [0, 0.1) is 6.92 Å². The number of hydrogen-bond donors (Lipinski definition) is 1. The number of hydrogen-bond acceptors (Lipinski definition) is 4. The van der Waals surface area contributed by atoms with Gasteiger partial charge in [-0.05, 0) is 48.7 Å². The summed E-state index contributed by atoms with van der Waals surface area (Å²) < 4.78 is 5.41. The Morgan fingerprint density at radius 1 is 1.16 bits per heavy atom. The summed E-state index contributed by atoms with van der Waals surface area (Å²) in [5.41, 5.74) is 3.92. The van der Waals surface area contributed by atoms with Gasteiger partial charge >= 0.3 is 0 Å². The molecule has 5 nitrogen and oxygen atoms in total. The normalized spacial score (nSPS) is 17.0. The van der Waals surface area contributed by atoms with Crippen LogP contribution in [0.5, 0.6) is 0 Å². The van der Waals surface area contributed by atoms with Crippen LogP contribution in [0.15, 0.2) is 71.3 Å². The van der Waals surface area contributed by atoms with Crippen LogP contribution in [-0.4, -0.2) is 22.5 Å². The molecular formula is C25H26N2O3S. The van der Waals surface area contributed by atoms with Crippen molar-refractivity contribution in [3.05, 3.63) is 94.9 Å². The second kappa shape index (κ2) is 9.43. The number of carbonyl (C=O) groups is 2. The van der Waals surface area contributed by atoms with Gasteiger partial charge in [0.25, 0.3) is 5.91 Å². The monoisotopic (exact) mass is 434 g/mol. The molecule has 0 aliphatic carbocycles. The van der Waals surface area contributed by atoms with E-state index in [4.69, 9.17) is 4.42 Å². The molecule has 31 heavy (non-hydrogen) atoms. The summed E-state index contributed by atoms with van der Waals surface area (Å²) >= 11 is 1.59. The summed E-state index contributed by atoms with van der Waals surface area (Å²) in [7, 11) is 0. The van der Waals surface area contributed by atoms with E-state index in [1.165, 1.54) is 5.56 Å². The number of aryl methyl sites for hydroxylation is 1. The van der Waals surface area contributed by atoms with Crippen molar-refractivity contribution in [2.45, 2.75) is 38.2 Å². The molecule has 6 heteroatoms. The Bertz CT molecular complexity index is 1030. The Morgan fingerprint density at radius 2 is 1.90 bits per heavy atom. The third-order valence-corrected chi connectivity index (χ3v) is 6.78. The third kappa shape index (κ3) is 4.85. The summed E-state index contributed by atoms with van der Waals surface area (Å²) in [6.45, 7) is 4.56. The van der Waals surface area contributed by atoms with Gasteiger partial charge in [0.05, 0.1) is 24.6 Å². The van der Waals surface area contributed by atoms with Gasteiger partial charge in [-0.15, -0.1) is 11.8 Å². The van der Waals surface area contributed by atoms with Crippen molar-refractivity contribution < 1.29 is 14.0 Å². The number of nitrogens with zero attached hydrogens (tertiary/aromatic N) is 1.